The first-order chi connectivity index (χ1) is 11.2. The number of nitrogens with zero attached hydrogens (tertiary/aromatic N) is 1. The van der Waals surface area contributed by atoms with Crippen LogP contribution in [-0.4, -0.2) is 29.6 Å². The molecule has 0 bridgehead atoms. The van der Waals surface area contributed by atoms with E-state index in [1.54, 1.807) is 6.26 Å². The highest BCUT2D eigenvalue weighted by atomic mass is 16.3. The van der Waals surface area contributed by atoms with Crippen LogP contribution in [0.5, 0.6) is 0 Å². The van der Waals surface area contributed by atoms with Crippen LogP contribution in [0.2, 0.25) is 0 Å². The fourth-order valence-corrected chi connectivity index (χ4v) is 3.61. The Morgan fingerprint density at radius 2 is 2.00 bits per heavy atom. The first kappa shape index (κ1) is 14.3. The molecule has 23 heavy (non-hydrogen) atoms. The summed E-state index contributed by atoms with van der Waals surface area (Å²) in [7, 11) is 0. The van der Waals surface area contributed by atoms with Crippen molar-refractivity contribution < 1.29 is 9.21 Å². The summed E-state index contributed by atoms with van der Waals surface area (Å²) >= 11 is 0. The Hall–Kier alpha value is -2.27. The fourth-order valence-electron chi connectivity index (χ4n) is 3.61. The Balaban J connectivity index is 1.48. The molecule has 1 fully saturated rings. The Labute approximate surface area is 135 Å². The van der Waals surface area contributed by atoms with E-state index in [0.29, 0.717) is 0 Å². The van der Waals surface area contributed by atoms with E-state index in [-0.39, 0.29) is 11.6 Å². The van der Waals surface area contributed by atoms with E-state index in [1.165, 1.54) is 0 Å². The predicted octanol–water partition coefficient (Wildman–Crippen LogP) is 2.74. The molecule has 5 heteroatoms. The molecule has 0 atom stereocenters. The number of likely N-dealkylation sites (tertiary alicyclic amines) is 1. The van der Waals surface area contributed by atoms with Gasteiger partial charge in [0.05, 0.1) is 18.4 Å². The topological polar surface area (TPSA) is 57.5 Å². The Bertz CT molecular complexity index is 716. The largest absolute Gasteiger partial charge is 0.468 e. The van der Waals surface area contributed by atoms with E-state index in [1.807, 2.05) is 37.3 Å². The number of amides is 1. The van der Waals surface area contributed by atoms with E-state index in [2.05, 4.69) is 15.5 Å². The summed E-state index contributed by atoms with van der Waals surface area (Å²) in [6.45, 7) is 4.65. The van der Waals surface area contributed by atoms with Crippen LogP contribution < -0.4 is 10.6 Å². The lowest BCUT2D eigenvalue weighted by Gasteiger charge is -2.46. The Morgan fingerprint density at radius 1 is 1.17 bits per heavy atom. The molecule has 4 rings (SSSR count). The standard InChI is InChI=1S/C18H21N3O2/c1-13-4-2-6-15-16(13)17(22)20-18(19-15)7-9-21(10-8-18)12-14-5-3-11-23-14/h2-6,11,19H,7-10,12H2,1H3,(H,20,22). The molecule has 1 spiro atoms. The summed E-state index contributed by atoms with van der Waals surface area (Å²) in [6, 6.07) is 9.90. The first-order valence-corrected chi connectivity index (χ1v) is 8.10. The van der Waals surface area contributed by atoms with Crippen LogP contribution >= 0.6 is 0 Å². The quantitative estimate of drug-likeness (QED) is 0.895. The second-order valence-corrected chi connectivity index (χ2v) is 6.51. The highest BCUT2D eigenvalue weighted by Crippen LogP contribution is 2.33. The maximum atomic E-state index is 12.5. The van der Waals surface area contributed by atoms with Gasteiger partial charge >= 0.3 is 0 Å². The zero-order chi connectivity index (χ0) is 15.9. The Morgan fingerprint density at radius 3 is 2.74 bits per heavy atom. The number of anilines is 1. The molecule has 2 aliphatic rings. The van der Waals surface area contributed by atoms with Crippen molar-refractivity contribution >= 4 is 11.6 Å². The van der Waals surface area contributed by atoms with E-state index < -0.39 is 0 Å². The lowest BCUT2D eigenvalue weighted by Crippen LogP contribution is -2.62. The molecule has 0 saturated carbocycles. The van der Waals surface area contributed by atoms with Crippen molar-refractivity contribution in [2.45, 2.75) is 32.0 Å². The number of hydrogen-bond acceptors (Lipinski definition) is 4. The van der Waals surface area contributed by atoms with Crippen LogP contribution in [0.4, 0.5) is 5.69 Å². The van der Waals surface area contributed by atoms with Crippen molar-refractivity contribution in [2.24, 2.45) is 0 Å². The smallest absolute Gasteiger partial charge is 0.255 e. The van der Waals surface area contributed by atoms with Crippen LogP contribution in [0.15, 0.2) is 41.0 Å². The second-order valence-electron chi connectivity index (χ2n) is 6.51. The number of nitrogens with one attached hydrogen (secondary N) is 2. The minimum atomic E-state index is -0.322. The number of fused-ring (bicyclic) bond motifs is 1. The van der Waals surface area contributed by atoms with Gasteiger partial charge in [0.1, 0.15) is 11.4 Å². The normalized spacial score (nSPS) is 20.0. The first-order valence-electron chi connectivity index (χ1n) is 8.10. The number of rotatable bonds is 2. The van der Waals surface area contributed by atoms with Crippen molar-refractivity contribution in [2.75, 3.05) is 18.4 Å². The van der Waals surface area contributed by atoms with Gasteiger partial charge in [-0.3, -0.25) is 9.69 Å². The highest BCUT2D eigenvalue weighted by molar-refractivity contribution is 6.03. The zero-order valence-electron chi connectivity index (χ0n) is 13.3. The molecule has 2 N–H and O–H groups in total. The van der Waals surface area contributed by atoms with Gasteiger partial charge in [-0.15, -0.1) is 0 Å². The molecule has 2 aliphatic heterocycles. The van der Waals surface area contributed by atoms with Gasteiger partial charge in [0.15, 0.2) is 0 Å². The van der Waals surface area contributed by atoms with Crippen LogP contribution in [0.25, 0.3) is 0 Å². The van der Waals surface area contributed by atoms with Gasteiger partial charge in [-0.05, 0) is 30.7 Å². The molecule has 1 aromatic heterocycles. The monoisotopic (exact) mass is 311 g/mol. The van der Waals surface area contributed by atoms with E-state index in [9.17, 15) is 4.79 Å². The number of aryl methyl sites for hydroxylation is 1. The molecule has 3 heterocycles. The summed E-state index contributed by atoms with van der Waals surface area (Å²) in [5.74, 6) is 1.03. The maximum Gasteiger partial charge on any atom is 0.255 e. The summed E-state index contributed by atoms with van der Waals surface area (Å²) in [5, 5.41) is 6.79. The number of carbonyl (C=O) groups excluding carboxylic acids is 1. The molecule has 120 valence electrons. The van der Waals surface area contributed by atoms with Crippen molar-refractivity contribution in [3.63, 3.8) is 0 Å². The molecule has 1 aromatic carbocycles. The van der Waals surface area contributed by atoms with Crippen LogP contribution in [0.1, 0.15) is 34.5 Å². The highest BCUT2D eigenvalue weighted by Gasteiger charge is 2.40. The van der Waals surface area contributed by atoms with Crippen LogP contribution in [-0.2, 0) is 6.54 Å². The van der Waals surface area contributed by atoms with Crippen LogP contribution in [0.3, 0.4) is 0 Å². The molecule has 0 unspecified atom stereocenters. The average molecular weight is 311 g/mol. The van der Waals surface area contributed by atoms with Crippen LogP contribution in [0, 0.1) is 6.92 Å². The molecule has 2 aromatic rings. The summed E-state index contributed by atoms with van der Waals surface area (Å²) in [6.07, 6.45) is 3.47. The lowest BCUT2D eigenvalue weighted by molar-refractivity contribution is 0.0814. The van der Waals surface area contributed by atoms with Crippen molar-refractivity contribution in [3.8, 4) is 0 Å². The van der Waals surface area contributed by atoms with Crippen molar-refractivity contribution in [3.05, 3.63) is 53.5 Å². The minimum absolute atomic E-state index is 0.0383. The van der Waals surface area contributed by atoms with Gasteiger partial charge in [-0.25, -0.2) is 0 Å². The summed E-state index contributed by atoms with van der Waals surface area (Å²) in [4.78, 5) is 14.9. The number of benzene rings is 1. The summed E-state index contributed by atoms with van der Waals surface area (Å²) < 4.78 is 5.42. The van der Waals surface area contributed by atoms with Gasteiger partial charge in [-0.2, -0.15) is 0 Å². The van der Waals surface area contributed by atoms with Gasteiger partial charge in [-0.1, -0.05) is 12.1 Å². The minimum Gasteiger partial charge on any atom is -0.468 e. The number of hydrogen-bond donors (Lipinski definition) is 2. The molecular formula is C18H21N3O2. The average Bonchev–Trinajstić information content (AvgIpc) is 3.02. The maximum absolute atomic E-state index is 12.5. The third kappa shape index (κ3) is 2.61. The number of furan rings is 1. The zero-order valence-corrected chi connectivity index (χ0v) is 13.3. The number of carbonyl (C=O) groups is 1. The van der Waals surface area contributed by atoms with E-state index in [0.717, 1.165) is 55.1 Å². The lowest BCUT2D eigenvalue weighted by atomic mass is 9.91. The Kier molecular flexibility index (Phi) is 3.38. The molecule has 1 amide bonds. The van der Waals surface area contributed by atoms with Gasteiger partial charge in [0.25, 0.3) is 5.91 Å². The molecular weight excluding hydrogens is 290 g/mol. The van der Waals surface area contributed by atoms with E-state index in [4.69, 9.17) is 4.42 Å². The third-order valence-corrected chi connectivity index (χ3v) is 4.90. The number of piperidine rings is 1. The van der Waals surface area contributed by atoms with Gasteiger partial charge in [0.2, 0.25) is 0 Å². The van der Waals surface area contributed by atoms with Gasteiger partial charge < -0.3 is 15.1 Å². The third-order valence-electron chi connectivity index (χ3n) is 4.90. The molecule has 5 nitrogen and oxygen atoms in total. The molecule has 0 aliphatic carbocycles. The predicted molar refractivity (Wildman–Crippen MR) is 88.2 cm³/mol. The van der Waals surface area contributed by atoms with Gasteiger partial charge in [0, 0.05) is 31.6 Å². The second kappa shape index (κ2) is 5.42. The molecule has 0 radical (unpaired) electrons. The molecule has 1 saturated heterocycles. The SMILES string of the molecule is Cc1cccc2c1C(=O)NC1(CCN(Cc3ccco3)CC1)N2. The summed E-state index contributed by atoms with van der Waals surface area (Å²) in [5.41, 5.74) is 2.42. The van der Waals surface area contributed by atoms with E-state index >= 15 is 0 Å². The van der Waals surface area contributed by atoms with Crippen molar-refractivity contribution in [1.82, 2.24) is 10.2 Å². The fraction of sp³-hybridized carbons (Fsp3) is 0.389. The van der Waals surface area contributed by atoms with Crippen molar-refractivity contribution in [1.29, 1.82) is 0 Å².